The molecule has 0 N–H and O–H groups in total. The Hall–Kier alpha value is -1.51. The van der Waals surface area contributed by atoms with Crippen LogP contribution in [0.5, 0.6) is 0 Å². The van der Waals surface area contributed by atoms with Gasteiger partial charge in [-0.25, -0.2) is 0 Å². The summed E-state index contributed by atoms with van der Waals surface area (Å²) in [6.45, 7) is 10.1. The summed E-state index contributed by atoms with van der Waals surface area (Å²) in [6, 6.07) is 6.47. The van der Waals surface area contributed by atoms with Gasteiger partial charge in [0.1, 0.15) is 0 Å². The summed E-state index contributed by atoms with van der Waals surface area (Å²) in [5.74, 6) is 0.326. The molecule has 0 radical (unpaired) electrons. The number of amides is 1. The first-order valence-corrected chi connectivity index (χ1v) is 7.72. The maximum atomic E-state index is 12.0. The normalized spacial score (nSPS) is 15.6. The van der Waals surface area contributed by atoms with E-state index in [-0.39, 0.29) is 0 Å². The third-order valence-electron chi connectivity index (χ3n) is 4.29. The van der Waals surface area contributed by atoms with Gasteiger partial charge in [0.15, 0.2) is 0 Å². The molecular weight excluding hydrogens is 248 g/mol. The highest BCUT2D eigenvalue weighted by atomic mass is 16.2. The van der Waals surface area contributed by atoms with Crippen LogP contribution in [0.2, 0.25) is 0 Å². The molecule has 1 aromatic rings. The fourth-order valence-electron chi connectivity index (χ4n) is 2.76. The molecule has 3 nitrogen and oxygen atoms in total. The minimum absolute atomic E-state index is 0.326. The van der Waals surface area contributed by atoms with E-state index < -0.39 is 0 Å². The quantitative estimate of drug-likeness (QED) is 0.842. The van der Waals surface area contributed by atoms with Gasteiger partial charge in [-0.15, -0.1) is 0 Å². The molecule has 1 heterocycles. The molecule has 1 aromatic carbocycles. The summed E-state index contributed by atoms with van der Waals surface area (Å²) < 4.78 is 0. The summed E-state index contributed by atoms with van der Waals surface area (Å²) in [5, 5.41) is 0. The molecule has 1 aliphatic heterocycles. The Bertz CT molecular complexity index is 462. The summed E-state index contributed by atoms with van der Waals surface area (Å²) in [5.41, 5.74) is 4.02. The van der Waals surface area contributed by atoms with Crippen molar-refractivity contribution in [2.45, 2.75) is 40.0 Å². The topological polar surface area (TPSA) is 23.6 Å². The highest BCUT2D eigenvalue weighted by Gasteiger charge is 2.21. The van der Waals surface area contributed by atoms with Crippen LogP contribution < -0.4 is 4.90 Å². The van der Waals surface area contributed by atoms with Gasteiger partial charge in [-0.1, -0.05) is 25.5 Å². The second-order valence-electron chi connectivity index (χ2n) is 5.69. The van der Waals surface area contributed by atoms with Crippen molar-refractivity contribution >= 4 is 11.6 Å². The van der Waals surface area contributed by atoms with E-state index in [1.165, 1.54) is 16.8 Å². The number of carbonyl (C=O) groups excluding carboxylic acids is 1. The lowest BCUT2D eigenvalue weighted by molar-refractivity contribution is -0.131. The first-order chi connectivity index (χ1) is 9.63. The van der Waals surface area contributed by atoms with Gasteiger partial charge in [0.2, 0.25) is 5.91 Å². The molecule has 0 aliphatic carbocycles. The van der Waals surface area contributed by atoms with E-state index in [4.69, 9.17) is 0 Å². The van der Waals surface area contributed by atoms with E-state index in [0.717, 1.165) is 39.0 Å². The Labute approximate surface area is 122 Å². The third-order valence-corrected chi connectivity index (χ3v) is 4.29. The summed E-state index contributed by atoms with van der Waals surface area (Å²) in [6.07, 6.45) is 2.81. The number of carbonyl (C=O) groups is 1. The predicted molar refractivity (Wildman–Crippen MR) is 84.2 cm³/mol. The van der Waals surface area contributed by atoms with E-state index in [9.17, 15) is 4.79 Å². The van der Waals surface area contributed by atoms with Gasteiger partial charge in [0.05, 0.1) is 0 Å². The Morgan fingerprint density at radius 2 is 1.85 bits per heavy atom. The van der Waals surface area contributed by atoms with Crippen molar-refractivity contribution in [3.63, 3.8) is 0 Å². The molecule has 0 aromatic heterocycles. The van der Waals surface area contributed by atoms with Crippen LogP contribution in [0.1, 0.15) is 37.3 Å². The SMILES string of the molecule is CCCCC(=O)N1CCN(c2cccc(C)c2C)CC1. The number of hydrogen-bond donors (Lipinski definition) is 0. The van der Waals surface area contributed by atoms with Crippen molar-refractivity contribution in [2.75, 3.05) is 31.1 Å². The van der Waals surface area contributed by atoms with Crippen LogP contribution in [0, 0.1) is 13.8 Å². The second-order valence-corrected chi connectivity index (χ2v) is 5.69. The van der Waals surface area contributed by atoms with Gasteiger partial charge in [0, 0.05) is 38.3 Å². The summed E-state index contributed by atoms with van der Waals surface area (Å²) in [7, 11) is 0. The number of aryl methyl sites for hydroxylation is 1. The lowest BCUT2D eigenvalue weighted by Gasteiger charge is -2.37. The van der Waals surface area contributed by atoms with E-state index in [2.05, 4.69) is 43.9 Å². The summed E-state index contributed by atoms with van der Waals surface area (Å²) >= 11 is 0. The van der Waals surface area contributed by atoms with Crippen LogP contribution >= 0.6 is 0 Å². The predicted octanol–water partition coefficient (Wildman–Crippen LogP) is 3.14. The highest BCUT2D eigenvalue weighted by Crippen LogP contribution is 2.24. The number of nitrogens with zero attached hydrogens (tertiary/aromatic N) is 2. The van der Waals surface area contributed by atoms with Gasteiger partial charge < -0.3 is 9.80 Å². The first kappa shape index (κ1) is 14.9. The Morgan fingerprint density at radius 3 is 2.50 bits per heavy atom. The molecule has 110 valence electrons. The zero-order valence-corrected chi connectivity index (χ0v) is 13.0. The van der Waals surface area contributed by atoms with Crippen molar-refractivity contribution in [2.24, 2.45) is 0 Å². The molecule has 2 rings (SSSR count). The van der Waals surface area contributed by atoms with Crippen molar-refractivity contribution in [3.8, 4) is 0 Å². The summed E-state index contributed by atoms with van der Waals surface area (Å²) in [4.78, 5) is 16.5. The van der Waals surface area contributed by atoms with Crippen LogP contribution in [-0.2, 0) is 4.79 Å². The molecule has 0 bridgehead atoms. The van der Waals surface area contributed by atoms with Gasteiger partial charge in [0.25, 0.3) is 0 Å². The molecular formula is C17H26N2O. The molecule has 1 fully saturated rings. The van der Waals surface area contributed by atoms with Gasteiger partial charge in [-0.05, 0) is 37.5 Å². The van der Waals surface area contributed by atoms with Crippen molar-refractivity contribution < 1.29 is 4.79 Å². The third kappa shape index (κ3) is 3.33. The van der Waals surface area contributed by atoms with Gasteiger partial charge in [-0.3, -0.25) is 4.79 Å². The van der Waals surface area contributed by atoms with E-state index in [0.29, 0.717) is 12.3 Å². The number of benzene rings is 1. The maximum absolute atomic E-state index is 12.0. The van der Waals surface area contributed by atoms with E-state index >= 15 is 0 Å². The molecule has 0 saturated carbocycles. The highest BCUT2D eigenvalue weighted by molar-refractivity contribution is 5.76. The maximum Gasteiger partial charge on any atom is 0.222 e. The Balaban J connectivity index is 1.94. The largest absolute Gasteiger partial charge is 0.368 e. The average molecular weight is 274 g/mol. The van der Waals surface area contributed by atoms with Crippen molar-refractivity contribution in [1.82, 2.24) is 4.90 Å². The van der Waals surface area contributed by atoms with Crippen LogP contribution in [0.15, 0.2) is 18.2 Å². The number of unbranched alkanes of at least 4 members (excludes halogenated alkanes) is 1. The van der Waals surface area contributed by atoms with Gasteiger partial charge in [-0.2, -0.15) is 0 Å². The van der Waals surface area contributed by atoms with Crippen LogP contribution in [0.4, 0.5) is 5.69 Å². The Morgan fingerprint density at radius 1 is 1.15 bits per heavy atom. The fraction of sp³-hybridized carbons (Fsp3) is 0.588. The van der Waals surface area contributed by atoms with Crippen LogP contribution in [0.3, 0.4) is 0 Å². The van der Waals surface area contributed by atoms with Gasteiger partial charge >= 0.3 is 0 Å². The molecule has 0 unspecified atom stereocenters. The van der Waals surface area contributed by atoms with E-state index in [1.54, 1.807) is 0 Å². The number of rotatable bonds is 4. The molecule has 3 heteroatoms. The minimum atomic E-state index is 0.326. The monoisotopic (exact) mass is 274 g/mol. The molecule has 1 saturated heterocycles. The standard InChI is InChI=1S/C17H26N2O/c1-4-5-9-17(20)19-12-10-18(11-13-19)16-8-6-7-14(2)15(16)3/h6-8H,4-5,9-13H2,1-3H3. The zero-order chi connectivity index (χ0) is 14.5. The second kappa shape index (κ2) is 6.78. The minimum Gasteiger partial charge on any atom is -0.368 e. The fourth-order valence-corrected chi connectivity index (χ4v) is 2.76. The number of anilines is 1. The molecule has 20 heavy (non-hydrogen) atoms. The smallest absolute Gasteiger partial charge is 0.222 e. The number of piperazine rings is 1. The van der Waals surface area contributed by atoms with Crippen LogP contribution in [0.25, 0.3) is 0 Å². The molecule has 0 atom stereocenters. The molecule has 1 aliphatic rings. The van der Waals surface area contributed by atoms with Crippen LogP contribution in [-0.4, -0.2) is 37.0 Å². The molecule has 0 spiro atoms. The lowest BCUT2D eigenvalue weighted by atomic mass is 10.1. The number of hydrogen-bond acceptors (Lipinski definition) is 2. The average Bonchev–Trinajstić information content (AvgIpc) is 2.48. The van der Waals surface area contributed by atoms with E-state index in [1.807, 2.05) is 4.90 Å². The molecule has 1 amide bonds. The zero-order valence-electron chi connectivity index (χ0n) is 13.0. The Kier molecular flexibility index (Phi) is 5.05. The van der Waals surface area contributed by atoms with Crippen molar-refractivity contribution in [1.29, 1.82) is 0 Å². The van der Waals surface area contributed by atoms with Crippen molar-refractivity contribution in [3.05, 3.63) is 29.3 Å². The lowest BCUT2D eigenvalue weighted by Crippen LogP contribution is -2.49. The first-order valence-electron chi connectivity index (χ1n) is 7.72.